The van der Waals surface area contributed by atoms with Crippen LogP contribution in [-0.4, -0.2) is 15.0 Å². The van der Waals surface area contributed by atoms with Crippen molar-refractivity contribution in [2.75, 3.05) is 0 Å². The Kier molecular flexibility index (Phi) is 7.69. The topological polar surface area (TPSA) is 38.7 Å². The normalized spacial score (nSPS) is 13.0. The molecule has 11 aromatic rings. The standard InChI is InChI=1S/C58H35N3S/c1-2-13-39(14-3-1)55-59-56(61-57(60-55)41-33-34-53-48(35-41)46-18-7-11-24-52(46)62-53)40-31-27-37(28-32-40)36-25-29-38(30-26-36)42-19-12-20-47-45-17-6-10-23-51(45)58(54(42)47)49-21-8-4-15-43(49)44-16-5-9-22-50(44)58/h1-35H. The van der Waals surface area contributed by atoms with Crippen molar-refractivity contribution in [3.63, 3.8) is 0 Å². The number of benzene rings is 9. The molecule has 3 nitrogen and oxygen atoms in total. The predicted molar refractivity (Wildman–Crippen MR) is 256 cm³/mol. The second-order valence-corrected chi connectivity index (χ2v) is 17.3. The van der Waals surface area contributed by atoms with Gasteiger partial charge in [0.1, 0.15) is 0 Å². The predicted octanol–water partition coefficient (Wildman–Crippen LogP) is 14.9. The molecule has 0 saturated heterocycles. The van der Waals surface area contributed by atoms with Gasteiger partial charge in [0.05, 0.1) is 5.41 Å². The minimum Gasteiger partial charge on any atom is -0.208 e. The molecule has 1 spiro atoms. The van der Waals surface area contributed by atoms with Crippen molar-refractivity contribution in [3.8, 4) is 78.7 Å². The van der Waals surface area contributed by atoms with Crippen LogP contribution in [0.3, 0.4) is 0 Å². The van der Waals surface area contributed by atoms with Gasteiger partial charge in [-0.2, -0.15) is 0 Å². The van der Waals surface area contributed by atoms with Gasteiger partial charge >= 0.3 is 0 Å². The Hall–Kier alpha value is -7.79. The van der Waals surface area contributed by atoms with Gasteiger partial charge in [0.2, 0.25) is 0 Å². The molecule has 2 aromatic heterocycles. The van der Waals surface area contributed by atoms with Crippen molar-refractivity contribution < 1.29 is 0 Å². The van der Waals surface area contributed by atoms with Crippen LogP contribution in [-0.2, 0) is 5.41 Å². The van der Waals surface area contributed by atoms with E-state index in [1.54, 1.807) is 0 Å². The smallest absolute Gasteiger partial charge is 0.164 e. The Morgan fingerprint density at radius 2 is 0.726 bits per heavy atom. The summed E-state index contributed by atoms with van der Waals surface area (Å²) in [5.74, 6) is 1.96. The molecule has 9 aromatic carbocycles. The van der Waals surface area contributed by atoms with Gasteiger partial charge in [-0.15, -0.1) is 11.3 Å². The van der Waals surface area contributed by atoms with Crippen molar-refractivity contribution in [1.82, 2.24) is 15.0 Å². The highest BCUT2D eigenvalue weighted by atomic mass is 32.1. The van der Waals surface area contributed by atoms with Crippen LogP contribution >= 0.6 is 11.3 Å². The molecule has 2 aliphatic carbocycles. The summed E-state index contributed by atoms with van der Waals surface area (Å²) in [4.78, 5) is 15.2. The molecular formula is C58H35N3S. The lowest BCUT2D eigenvalue weighted by molar-refractivity contribution is 0.796. The van der Waals surface area contributed by atoms with Crippen molar-refractivity contribution in [2.24, 2.45) is 0 Å². The van der Waals surface area contributed by atoms with E-state index in [0.29, 0.717) is 17.5 Å². The number of fused-ring (bicyclic) bond motifs is 13. The Morgan fingerprint density at radius 1 is 0.290 bits per heavy atom. The second kappa shape index (κ2) is 13.6. The number of rotatable bonds is 5. The highest BCUT2D eigenvalue weighted by Gasteiger charge is 2.52. The van der Waals surface area contributed by atoms with Gasteiger partial charge in [-0.3, -0.25) is 0 Å². The summed E-state index contributed by atoms with van der Waals surface area (Å²) >= 11 is 1.81. The molecular weight excluding hydrogens is 771 g/mol. The summed E-state index contributed by atoms with van der Waals surface area (Å²) in [7, 11) is 0. The first-order valence-electron chi connectivity index (χ1n) is 21.1. The molecule has 2 aliphatic rings. The third-order valence-electron chi connectivity index (χ3n) is 13.0. The first-order chi connectivity index (χ1) is 30.7. The molecule has 0 bridgehead atoms. The van der Waals surface area contributed by atoms with Crippen LogP contribution in [0.1, 0.15) is 22.3 Å². The van der Waals surface area contributed by atoms with Crippen LogP contribution in [0.4, 0.5) is 0 Å². The lowest BCUT2D eigenvalue weighted by Crippen LogP contribution is -2.26. The van der Waals surface area contributed by atoms with E-state index in [1.807, 2.05) is 29.5 Å². The van der Waals surface area contributed by atoms with E-state index >= 15 is 0 Å². The minimum atomic E-state index is -0.398. The summed E-state index contributed by atoms with van der Waals surface area (Å²) in [5, 5.41) is 2.47. The van der Waals surface area contributed by atoms with Gasteiger partial charge in [0, 0.05) is 36.9 Å². The van der Waals surface area contributed by atoms with Gasteiger partial charge < -0.3 is 0 Å². The molecule has 0 aliphatic heterocycles. The monoisotopic (exact) mass is 805 g/mol. The van der Waals surface area contributed by atoms with Crippen LogP contribution in [0.15, 0.2) is 212 Å². The van der Waals surface area contributed by atoms with E-state index < -0.39 is 5.41 Å². The first-order valence-corrected chi connectivity index (χ1v) is 21.9. The Labute approximate surface area is 363 Å². The summed E-state index contributed by atoms with van der Waals surface area (Å²) in [6.45, 7) is 0. The second-order valence-electron chi connectivity index (χ2n) is 16.3. The molecule has 0 unspecified atom stereocenters. The largest absolute Gasteiger partial charge is 0.208 e. The average Bonchev–Trinajstić information content (AvgIpc) is 3.98. The van der Waals surface area contributed by atoms with Crippen LogP contribution < -0.4 is 0 Å². The molecule has 2 heterocycles. The fourth-order valence-corrected chi connectivity index (χ4v) is 11.4. The summed E-state index contributed by atoms with van der Waals surface area (Å²) in [6.07, 6.45) is 0. The van der Waals surface area contributed by atoms with Gasteiger partial charge in [0.15, 0.2) is 17.5 Å². The average molecular weight is 806 g/mol. The van der Waals surface area contributed by atoms with Gasteiger partial charge in [-0.25, -0.2) is 15.0 Å². The minimum absolute atomic E-state index is 0.398. The summed E-state index contributed by atoms with van der Waals surface area (Å²) < 4.78 is 2.53. The SMILES string of the molecule is c1ccc(-c2nc(-c3ccc(-c4ccc(-c5cccc6c5C5(c7ccccc7-c7ccccc75)c5ccccc5-6)cc4)cc3)nc(-c3ccc4sc5ccccc5c4c3)n2)cc1. The number of aromatic nitrogens is 3. The molecule has 4 heteroatoms. The molecule has 62 heavy (non-hydrogen) atoms. The third kappa shape index (κ3) is 5.14. The van der Waals surface area contributed by atoms with Gasteiger partial charge in [-0.1, -0.05) is 188 Å². The number of hydrogen-bond donors (Lipinski definition) is 0. The maximum atomic E-state index is 5.10. The van der Waals surface area contributed by atoms with Crippen LogP contribution in [0.2, 0.25) is 0 Å². The highest BCUT2D eigenvalue weighted by Crippen LogP contribution is 2.64. The van der Waals surface area contributed by atoms with E-state index in [1.165, 1.54) is 75.8 Å². The molecule has 0 N–H and O–H groups in total. The van der Waals surface area contributed by atoms with E-state index in [0.717, 1.165) is 27.8 Å². The highest BCUT2D eigenvalue weighted by molar-refractivity contribution is 7.25. The number of nitrogens with zero attached hydrogens (tertiary/aromatic N) is 3. The lowest BCUT2D eigenvalue weighted by Gasteiger charge is -2.32. The zero-order valence-electron chi connectivity index (χ0n) is 33.5. The Bertz CT molecular complexity index is 3500. The van der Waals surface area contributed by atoms with E-state index in [-0.39, 0.29) is 0 Å². The first kappa shape index (κ1) is 35.0. The molecule has 288 valence electrons. The third-order valence-corrected chi connectivity index (χ3v) is 14.1. The molecule has 0 amide bonds. The summed E-state index contributed by atoms with van der Waals surface area (Å²) in [5.41, 5.74) is 17.9. The maximum Gasteiger partial charge on any atom is 0.164 e. The lowest BCUT2D eigenvalue weighted by atomic mass is 9.68. The molecule has 0 saturated carbocycles. The van der Waals surface area contributed by atoms with Crippen molar-refractivity contribution in [3.05, 3.63) is 235 Å². The Morgan fingerprint density at radius 3 is 1.37 bits per heavy atom. The van der Waals surface area contributed by atoms with Crippen molar-refractivity contribution >= 4 is 31.5 Å². The zero-order valence-corrected chi connectivity index (χ0v) is 34.3. The van der Waals surface area contributed by atoms with E-state index in [9.17, 15) is 0 Å². The number of hydrogen-bond acceptors (Lipinski definition) is 4. The van der Waals surface area contributed by atoms with Crippen LogP contribution in [0.25, 0.3) is 98.8 Å². The van der Waals surface area contributed by atoms with Crippen molar-refractivity contribution in [1.29, 1.82) is 0 Å². The fraction of sp³-hybridized carbons (Fsp3) is 0.0172. The zero-order chi connectivity index (χ0) is 40.8. The molecule has 0 radical (unpaired) electrons. The quantitative estimate of drug-likeness (QED) is 0.174. The van der Waals surface area contributed by atoms with Crippen LogP contribution in [0, 0.1) is 0 Å². The molecule has 13 rings (SSSR count). The molecule has 0 fully saturated rings. The van der Waals surface area contributed by atoms with E-state index in [4.69, 9.17) is 15.0 Å². The van der Waals surface area contributed by atoms with E-state index in [2.05, 4.69) is 194 Å². The Balaban J connectivity index is 0.880. The van der Waals surface area contributed by atoms with Crippen molar-refractivity contribution in [2.45, 2.75) is 5.41 Å². The summed E-state index contributed by atoms with van der Waals surface area (Å²) in [6, 6.07) is 76.9. The van der Waals surface area contributed by atoms with Gasteiger partial charge in [-0.05, 0) is 91.0 Å². The fourth-order valence-electron chi connectivity index (χ4n) is 10.3. The maximum absolute atomic E-state index is 5.10. The number of thiophene rings is 1. The van der Waals surface area contributed by atoms with Crippen LogP contribution in [0.5, 0.6) is 0 Å². The van der Waals surface area contributed by atoms with Gasteiger partial charge in [0.25, 0.3) is 0 Å². The molecule has 0 atom stereocenters.